The van der Waals surface area contributed by atoms with E-state index in [4.69, 9.17) is 15.2 Å². The molecule has 1 aliphatic rings. The summed E-state index contributed by atoms with van der Waals surface area (Å²) in [6.45, 7) is 0.189. The number of aliphatic carboxylic acids is 1. The third-order valence-electron chi connectivity index (χ3n) is 2.21. The van der Waals surface area contributed by atoms with Crippen molar-refractivity contribution >= 4 is 5.97 Å². The Hall–Kier alpha value is -1.75. The number of rotatable bonds is 3. The second kappa shape index (κ2) is 3.78. The van der Waals surface area contributed by atoms with Crippen molar-refractivity contribution in [1.29, 1.82) is 0 Å². The number of carboxylic acids is 1. The first-order valence-electron chi connectivity index (χ1n) is 4.52. The molecule has 0 amide bonds. The highest BCUT2D eigenvalue weighted by Crippen LogP contribution is 2.34. The molecule has 1 aliphatic heterocycles. The summed E-state index contributed by atoms with van der Waals surface area (Å²) in [5.74, 6) is 0.0841. The first kappa shape index (κ1) is 9.79. The Bertz CT molecular complexity index is 391. The molecule has 2 N–H and O–H groups in total. The van der Waals surface area contributed by atoms with Crippen LogP contribution in [0.3, 0.4) is 0 Å². The van der Waals surface area contributed by atoms with Crippen molar-refractivity contribution in [2.45, 2.75) is 12.5 Å². The van der Waals surface area contributed by atoms with E-state index in [2.05, 4.69) is 0 Å². The van der Waals surface area contributed by atoms with Crippen LogP contribution in [-0.4, -0.2) is 12.8 Å². The minimum atomic E-state index is -1.17. The van der Waals surface area contributed by atoms with Crippen LogP contribution in [0.4, 0.5) is 0 Å². The number of fused-ring (bicyclic) bond motifs is 1. The van der Waals surface area contributed by atoms with E-state index in [9.17, 15) is 9.90 Å². The second-order valence-electron chi connectivity index (χ2n) is 3.30. The molecular weight excluding hydrogens is 198 g/mol. The van der Waals surface area contributed by atoms with Crippen molar-refractivity contribution in [3.63, 3.8) is 0 Å². The highest BCUT2D eigenvalue weighted by Gasteiger charge is 2.15. The highest BCUT2D eigenvalue weighted by atomic mass is 16.7. The summed E-state index contributed by atoms with van der Waals surface area (Å²) in [5.41, 5.74) is 6.37. The molecule has 1 heterocycles. The SMILES string of the molecule is NC(CC(=O)[O-])c1ccc2c(c1)OCO2. The molecule has 0 fully saturated rings. The number of carbonyl (C=O) groups excluding carboxylic acids is 1. The third-order valence-corrected chi connectivity index (χ3v) is 2.21. The summed E-state index contributed by atoms with van der Waals surface area (Å²) >= 11 is 0. The maximum absolute atomic E-state index is 10.4. The van der Waals surface area contributed by atoms with Gasteiger partial charge in [0.05, 0.1) is 0 Å². The van der Waals surface area contributed by atoms with E-state index in [0.29, 0.717) is 17.1 Å². The van der Waals surface area contributed by atoms with Crippen molar-refractivity contribution < 1.29 is 19.4 Å². The number of hydrogen-bond acceptors (Lipinski definition) is 5. The van der Waals surface area contributed by atoms with Crippen molar-refractivity contribution in [2.24, 2.45) is 5.73 Å². The quantitative estimate of drug-likeness (QED) is 0.727. The van der Waals surface area contributed by atoms with E-state index in [1.807, 2.05) is 0 Å². The maximum Gasteiger partial charge on any atom is 0.231 e. The van der Waals surface area contributed by atoms with Gasteiger partial charge in [0.1, 0.15) is 0 Å². The van der Waals surface area contributed by atoms with Gasteiger partial charge in [-0.05, 0) is 17.7 Å². The van der Waals surface area contributed by atoms with Crippen molar-refractivity contribution in [1.82, 2.24) is 0 Å². The fraction of sp³-hybridized carbons (Fsp3) is 0.300. The van der Waals surface area contributed by atoms with Gasteiger partial charge in [-0.15, -0.1) is 0 Å². The highest BCUT2D eigenvalue weighted by molar-refractivity contribution is 5.65. The Morgan fingerprint density at radius 2 is 2.20 bits per heavy atom. The zero-order chi connectivity index (χ0) is 10.8. The number of hydrogen-bond donors (Lipinski definition) is 1. The Morgan fingerprint density at radius 3 is 2.93 bits per heavy atom. The van der Waals surface area contributed by atoms with E-state index >= 15 is 0 Å². The molecule has 0 radical (unpaired) electrons. The molecule has 0 aliphatic carbocycles. The lowest BCUT2D eigenvalue weighted by Crippen LogP contribution is -2.27. The monoisotopic (exact) mass is 208 g/mol. The van der Waals surface area contributed by atoms with Crippen LogP contribution in [0.5, 0.6) is 11.5 Å². The zero-order valence-corrected chi connectivity index (χ0v) is 7.93. The summed E-state index contributed by atoms with van der Waals surface area (Å²) in [4.78, 5) is 10.4. The molecule has 5 heteroatoms. The molecule has 15 heavy (non-hydrogen) atoms. The molecule has 2 rings (SSSR count). The minimum absolute atomic E-state index is 0.189. The first-order chi connectivity index (χ1) is 7.16. The van der Waals surface area contributed by atoms with Crippen LogP contribution in [0.25, 0.3) is 0 Å². The van der Waals surface area contributed by atoms with E-state index in [0.717, 1.165) is 0 Å². The van der Waals surface area contributed by atoms with Gasteiger partial charge >= 0.3 is 0 Å². The molecule has 80 valence electrons. The summed E-state index contributed by atoms with van der Waals surface area (Å²) in [6, 6.07) is 4.55. The Kier molecular flexibility index (Phi) is 2.47. The number of nitrogens with two attached hydrogens (primary N) is 1. The molecule has 0 spiro atoms. The van der Waals surface area contributed by atoms with Crippen molar-refractivity contribution in [3.8, 4) is 11.5 Å². The number of carbonyl (C=O) groups is 1. The van der Waals surface area contributed by atoms with E-state index in [1.165, 1.54) is 0 Å². The lowest BCUT2D eigenvalue weighted by molar-refractivity contribution is -0.306. The van der Waals surface area contributed by atoms with Crippen LogP contribution in [0.2, 0.25) is 0 Å². The Labute approximate surface area is 86.4 Å². The number of carboxylic acid groups (broad SMARTS) is 1. The summed E-state index contributed by atoms with van der Waals surface area (Å²) in [5, 5.41) is 10.4. The molecule has 5 nitrogen and oxygen atoms in total. The molecular formula is C10H10NO4-. The second-order valence-corrected chi connectivity index (χ2v) is 3.30. The smallest absolute Gasteiger partial charge is 0.231 e. The average Bonchev–Trinajstić information content (AvgIpc) is 2.62. The normalized spacial score (nSPS) is 15.0. The summed E-state index contributed by atoms with van der Waals surface area (Å²) < 4.78 is 10.3. The van der Waals surface area contributed by atoms with E-state index in [1.54, 1.807) is 18.2 Å². The zero-order valence-electron chi connectivity index (χ0n) is 7.93. The van der Waals surface area contributed by atoms with Crippen LogP contribution >= 0.6 is 0 Å². The molecule has 1 aromatic carbocycles. The van der Waals surface area contributed by atoms with Crippen molar-refractivity contribution in [2.75, 3.05) is 6.79 Å². The fourth-order valence-corrected chi connectivity index (χ4v) is 1.44. The Balaban J connectivity index is 2.19. The van der Waals surface area contributed by atoms with Gasteiger partial charge in [-0.25, -0.2) is 0 Å². The third kappa shape index (κ3) is 2.02. The van der Waals surface area contributed by atoms with Crippen LogP contribution in [0.1, 0.15) is 18.0 Å². The number of benzene rings is 1. The molecule has 1 aromatic rings. The predicted molar refractivity (Wildman–Crippen MR) is 49.1 cm³/mol. The molecule has 0 saturated heterocycles. The Morgan fingerprint density at radius 1 is 1.47 bits per heavy atom. The first-order valence-corrected chi connectivity index (χ1v) is 4.52. The summed E-state index contributed by atoms with van der Waals surface area (Å²) in [7, 11) is 0. The van der Waals surface area contributed by atoms with Gasteiger partial charge in [-0.2, -0.15) is 0 Å². The lowest BCUT2D eigenvalue weighted by atomic mass is 10.0. The predicted octanol–water partition coefficient (Wildman–Crippen LogP) is -0.445. The van der Waals surface area contributed by atoms with Gasteiger partial charge < -0.3 is 25.1 Å². The maximum atomic E-state index is 10.4. The topological polar surface area (TPSA) is 84.6 Å². The minimum Gasteiger partial charge on any atom is -0.550 e. The van der Waals surface area contributed by atoms with Gasteiger partial charge in [0.2, 0.25) is 6.79 Å². The molecule has 1 atom stereocenters. The largest absolute Gasteiger partial charge is 0.550 e. The molecule has 0 bridgehead atoms. The van der Waals surface area contributed by atoms with E-state index in [-0.39, 0.29) is 13.2 Å². The van der Waals surface area contributed by atoms with Crippen LogP contribution in [0.15, 0.2) is 18.2 Å². The van der Waals surface area contributed by atoms with Crippen LogP contribution < -0.4 is 20.3 Å². The molecule has 1 unspecified atom stereocenters. The molecule has 0 saturated carbocycles. The van der Waals surface area contributed by atoms with Gasteiger partial charge in [0.25, 0.3) is 0 Å². The standard InChI is InChI=1S/C10H11NO4/c11-7(4-10(12)13)6-1-2-8-9(3-6)15-5-14-8/h1-3,7H,4-5,11H2,(H,12,13)/p-1. The lowest BCUT2D eigenvalue weighted by Gasteiger charge is -2.12. The van der Waals surface area contributed by atoms with Gasteiger partial charge in [-0.1, -0.05) is 6.07 Å². The molecule has 0 aromatic heterocycles. The number of ether oxygens (including phenoxy) is 2. The van der Waals surface area contributed by atoms with Crippen LogP contribution in [0, 0.1) is 0 Å². The van der Waals surface area contributed by atoms with Gasteiger partial charge in [0.15, 0.2) is 11.5 Å². The fourth-order valence-electron chi connectivity index (χ4n) is 1.44. The van der Waals surface area contributed by atoms with Gasteiger partial charge in [0, 0.05) is 18.4 Å². The summed E-state index contributed by atoms with van der Waals surface area (Å²) in [6.07, 6.45) is -0.209. The van der Waals surface area contributed by atoms with E-state index < -0.39 is 12.0 Å². The average molecular weight is 208 g/mol. The van der Waals surface area contributed by atoms with Crippen LogP contribution in [-0.2, 0) is 4.79 Å². The van der Waals surface area contributed by atoms with Crippen molar-refractivity contribution in [3.05, 3.63) is 23.8 Å². The van der Waals surface area contributed by atoms with Gasteiger partial charge in [-0.3, -0.25) is 0 Å².